The van der Waals surface area contributed by atoms with Crippen molar-refractivity contribution in [2.75, 3.05) is 30.3 Å². The second-order valence-corrected chi connectivity index (χ2v) is 9.89. The Morgan fingerprint density at radius 2 is 1.75 bits per heavy atom. The van der Waals surface area contributed by atoms with Gasteiger partial charge >= 0.3 is 6.03 Å². The molecule has 1 heterocycles. The molecule has 13 heteroatoms. The second-order valence-electron chi connectivity index (χ2n) is 9.48. The monoisotopic (exact) mass is 579 g/mol. The molecule has 0 aromatic heterocycles. The normalized spacial score (nSPS) is 14.8. The first kappa shape index (κ1) is 30.8. The summed E-state index contributed by atoms with van der Waals surface area (Å²) in [5.74, 6) is -2.81. The molecule has 1 atom stereocenters. The standard InChI is InChI=1S/C27H32ClF2N5O5/c28-20-15-19(9-10-21(20)29)32-27(39)33-23-11-8-17(14-22(23)30)26(38)35-13-5-6-18(16-35)25(37)31-12-4-2-1-3-7-24(36)34-40/h8-11,14-15,18,40H,1-7,12-13,16H2,(H,31,37)(H,34,36)(H2,32,33,39). The number of hydrogen-bond acceptors (Lipinski definition) is 5. The Balaban J connectivity index is 1.46. The van der Waals surface area contributed by atoms with Gasteiger partial charge in [0.1, 0.15) is 11.6 Å². The largest absolute Gasteiger partial charge is 0.356 e. The van der Waals surface area contributed by atoms with Crippen LogP contribution in [0, 0.1) is 17.6 Å². The number of nitrogens with one attached hydrogen (secondary N) is 4. The van der Waals surface area contributed by atoms with Crippen molar-refractivity contribution in [3.63, 3.8) is 0 Å². The molecule has 2 aromatic rings. The minimum Gasteiger partial charge on any atom is -0.356 e. The van der Waals surface area contributed by atoms with Gasteiger partial charge in [0.25, 0.3) is 5.91 Å². The maximum Gasteiger partial charge on any atom is 0.323 e. The summed E-state index contributed by atoms with van der Waals surface area (Å²) in [7, 11) is 0. The number of piperidine rings is 1. The lowest BCUT2D eigenvalue weighted by molar-refractivity contribution is -0.129. The van der Waals surface area contributed by atoms with Crippen LogP contribution in [0.2, 0.25) is 5.02 Å². The van der Waals surface area contributed by atoms with E-state index in [0.717, 1.165) is 31.4 Å². The van der Waals surface area contributed by atoms with E-state index in [-0.39, 0.29) is 46.8 Å². The Hall–Kier alpha value is -3.77. The van der Waals surface area contributed by atoms with Gasteiger partial charge in [-0.2, -0.15) is 0 Å². The Morgan fingerprint density at radius 3 is 2.48 bits per heavy atom. The molecule has 1 fully saturated rings. The number of carbonyl (C=O) groups is 4. The molecule has 5 N–H and O–H groups in total. The summed E-state index contributed by atoms with van der Waals surface area (Å²) < 4.78 is 28.0. The van der Waals surface area contributed by atoms with Crippen LogP contribution < -0.4 is 21.4 Å². The van der Waals surface area contributed by atoms with Gasteiger partial charge in [0.15, 0.2) is 0 Å². The van der Waals surface area contributed by atoms with Gasteiger partial charge in [0.05, 0.1) is 16.6 Å². The zero-order valence-corrected chi connectivity index (χ0v) is 22.5. The average Bonchev–Trinajstić information content (AvgIpc) is 2.94. The van der Waals surface area contributed by atoms with Gasteiger partial charge in [-0.1, -0.05) is 24.4 Å². The molecule has 0 radical (unpaired) electrons. The molecule has 1 saturated heterocycles. The quantitative estimate of drug-likeness (QED) is 0.149. The summed E-state index contributed by atoms with van der Waals surface area (Å²) in [5.41, 5.74) is 1.73. The van der Waals surface area contributed by atoms with Gasteiger partial charge in [0.2, 0.25) is 11.8 Å². The van der Waals surface area contributed by atoms with Crippen LogP contribution in [0.4, 0.5) is 25.0 Å². The number of halogens is 3. The number of benzene rings is 2. The molecule has 0 aliphatic carbocycles. The molecule has 1 aliphatic rings. The lowest BCUT2D eigenvalue weighted by Crippen LogP contribution is -2.45. The number of carbonyl (C=O) groups excluding carboxylic acids is 4. The predicted molar refractivity (Wildman–Crippen MR) is 145 cm³/mol. The van der Waals surface area contributed by atoms with Crippen molar-refractivity contribution in [3.8, 4) is 0 Å². The third-order valence-electron chi connectivity index (χ3n) is 6.48. The average molecular weight is 580 g/mol. The number of urea groups is 1. The summed E-state index contributed by atoms with van der Waals surface area (Å²) >= 11 is 5.69. The van der Waals surface area contributed by atoms with Crippen LogP contribution in [0.25, 0.3) is 0 Å². The van der Waals surface area contributed by atoms with Gasteiger partial charge in [0, 0.05) is 37.3 Å². The second kappa shape index (κ2) is 15.1. The highest BCUT2D eigenvalue weighted by Gasteiger charge is 2.29. The highest BCUT2D eigenvalue weighted by atomic mass is 35.5. The first-order valence-electron chi connectivity index (χ1n) is 13.0. The Morgan fingerprint density at radius 1 is 0.975 bits per heavy atom. The number of rotatable bonds is 11. The van der Waals surface area contributed by atoms with Crippen LogP contribution in [0.15, 0.2) is 36.4 Å². The minimum atomic E-state index is -0.818. The van der Waals surface area contributed by atoms with Crippen LogP contribution in [-0.2, 0) is 9.59 Å². The van der Waals surface area contributed by atoms with Crippen molar-refractivity contribution >= 4 is 46.7 Å². The Bertz CT molecular complexity index is 1230. The number of anilines is 2. The number of hydrogen-bond donors (Lipinski definition) is 5. The minimum absolute atomic E-state index is 0.0877. The van der Waals surface area contributed by atoms with Gasteiger partial charge in [-0.3, -0.25) is 19.6 Å². The fourth-order valence-electron chi connectivity index (χ4n) is 4.34. The van der Waals surface area contributed by atoms with Crippen LogP contribution in [0.3, 0.4) is 0 Å². The first-order chi connectivity index (χ1) is 19.2. The van der Waals surface area contributed by atoms with Crippen molar-refractivity contribution < 1.29 is 33.2 Å². The fraction of sp³-hybridized carbons (Fsp3) is 0.407. The molecule has 3 rings (SSSR count). The van der Waals surface area contributed by atoms with Crippen molar-refractivity contribution in [2.45, 2.75) is 44.9 Å². The third kappa shape index (κ3) is 9.16. The predicted octanol–water partition coefficient (Wildman–Crippen LogP) is 4.69. The van der Waals surface area contributed by atoms with E-state index in [0.29, 0.717) is 32.4 Å². The lowest BCUT2D eigenvalue weighted by atomic mass is 9.96. The molecular weight excluding hydrogens is 548 g/mol. The number of unbranched alkanes of at least 4 members (excludes halogenated alkanes) is 3. The van der Waals surface area contributed by atoms with Crippen molar-refractivity contribution in [3.05, 3.63) is 58.6 Å². The molecule has 0 saturated carbocycles. The fourth-order valence-corrected chi connectivity index (χ4v) is 4.52. The van der Waals surface area contributed by atoms with E-state index < -0.39 is 29.5 Å². The molecule has 2 aromatic carbocycles. The summed E-state index contributed by atoms with van der Waals surface area (Å²) in [6.07, 6.45) is 4.54. The highest BCUT2D eigenvalue weighted by molar-refractivity contribution is 6.31. The van der Waals surface area contributed by atoms with Crippen LogP contribution >= 0.6 is 11.6 Å². The number of hydroxylamine groups is 1. The molecule has 216 valence electrons. The number of nitrogens with zero attached hydrogens (tertiary/aromatic N) is 1. The van der Waals surface area contributed by atoms with E-state index in [4.69, 9.17) is 16.8 Å². The van der Waals surface area contributed by atoms with Gasteiger partial charge < -0.3 is 20.9 Å². The van der Waals surface area contributed by atoms with Gasteiger partial charge in [-0.25, -0.2) is 19.1 Å². The maximum atomic E-state index is 14.7. The number of likely N-dealkylation sites (tertiary alicyclic amines) is 1. The van der Waals surface area contributed by atoms with Gasteiger partial charge in [-0.15, -0.1) is 0 Å². The SMILES string of the molecule is O=C(CCCCCCNC(=O)C1CCCN(C(=O)c2ccc(NC(=O)Nc3ccc(F)c(Cl)c3)c(F)c2)C1)NO. The Labute approximate surface area is 235 Å². The maximum absolute atomic E-state index is 14.7. The van der Waals surface area contributed by atoms with Crippen molar-refractivity contribution in [1.29, 1.82) is 0 Å². The summed E-state index contributed by atoms with van der Waals surface area (Å²) in [6, 6.07) is 6.51. The van der Waals surface area contributed by atoms with Crippen LogP contribution in [0.1, 0.15) is 55.3 Å². The van der Waals surface area contributed by atoms with E-state index in [9.17, 15) is 28.0 Å². The van der Waals surface area contributed by atoms with Gasteiger partial charge in [-0.05, 0) is 62.1 Å². The molecule has 1 aliphatic heterocycles. The first-order valence-corrected chi connectivity index (χ1v) is 13.4. The lowest BCUT2D eigenvalue weighted by Gasteiger charge is -2.32. The molecule has 0 bridgehead atoms. The van der Waals surface area contributed by atoms with Crippen LogP contribution in [0.5, 0.6) is 0 Å². The third-order valence-corrected chi connectivity index (χ3v) is 6.77. The van der Waals surface area contributed by atoms with E-state index >= 15 is 0 Å². The van der Waals surface area contributed by atoms with E-state index in [1.807, 2.05) is 0 Å². The summed E-state index contributed by atoms with van der Waals surface area (Å²) in [6.45, 7) is 1.14. The molecule has 1 unspecified atom stereocenters. The van der Waals surface area contributed by atoms with Crippen LogP contribution in [-0.4, -0.2) is 53.5 Å². The van der Waals surface area contributed by atoms with E-state index in [2.05, 4.69) is 16.0 Å². The Kier molecular flexibility index (Phi) is 11.6. The molecule has 0 spiro atoms. The highest BCUT2D eigenvalue weighted by Crippen LogP contribution is 2.23. The smallest absolute Gasteiger partial charge is 0.323 e. The zero-order valence-electron chi connectivity index (χ0n) is 21.8. The number of amides is 5. The molecule has 10 nitrogen and oxygen atoms in total. The topological polar surface area (TPSA) is 140 Å². The molecule has 40 heavy (non-hydrogen) atoms. The van der Waals surface area contributed by atoms with Crippen molar-refractivity contribution in [2.24, 2.45) is 5.92 Å². The van der Waals surface area contributed by atoms with Crippen molar-refractivity contribution in [1.82, 2.24) is 15.7 Å². The molecule has 5 amide bonds. The molecular formula is C27H32ClF2N5O5. The zero-order chi connectivity index (χ0) is 29.1. The summed E-state index contributed by atoms with van der Waals surface area (Å²) in [4.78, 5) is 50.4. The van der Waals surface area contributed by atoms with E-state index in [1.54, 1.807) is 5.48 Å². The van der Waals surface area contributed by atoms with E-state index in [1.165, 1.54) is 29.2 Å². The summed E-state index contributed by atoms with van der Waals surface area (Å²) in [5, 5.41) is 15.9.